The van der Waals surface area contributed by atoms with Gasteiger partial charge in [-0.05, 0) is 23.4 Å². The van der Waals surface area contributed by atoms with Gasteiger partial charge in [0.25, 0.3) is 0 Å². The van der Waals surface area contributed by atoms with Gasteiger partial charge in [-0.3, -0.25) is 0 Å². The molecule has 1 saturated heterocycles. The van der Waals surface area contributed by atoms with E-state index >= 15 is 0 Å². The molecule has 2 amide bonds. The van der Waals surface area contributed by atoms with E-state index in [0.29, 0.717) is 11.8 Å². The second kappa shape index (κ2) is 7.70. The van der Waals surface area contributed by atoms with Crippen molar-refractivity contribution in [3.8, 4) is 0 Å². The maximum atomic E-state index is 12.3. The minimum Gasteiger partial charge on any atom is -0.334 e. The van der Waals surface area contributed by atoms with Crippen LogP contribution in [-0.2, 0) is 6.54 Å². The second-order valence-electron chi connectivity index (χ2n) is 5.29. The lowest BCUT2D eigenvalue weighted by Crippen LogP contribution is -2.40. The number of rotatable bonds is 3. The summed E-state index contributed by atoms with van der Waals surface area (Å²) in [4.78, 5) is 15.7. The standard InChI is InChI=1S/C17H20N2OS2/c20-17(18-13-14-5-2-1-3-6-14)19-9-8-16(22-12-10-19)15-7-4-11-21-15/h1-7,11,16H,8-10,12-13H2,(H,18,20)/t16-/m0/s1. The molecule has 1 N–H and O–H groups in total. The average molecular weight is 332 g/mol. The fourth-order valence-corrected chi connectivity index (χ4v) is 4.80. The van der Waals surface area contributed by atoms with Gasteiger partial charge in [0.05, 0.1) is 0 Å². The van der Waals surface area contributed by atoms with Crippen LogP contribution in [0.25, 0.3) is 0 Å². The third kappa shape index (κ3) is 4.05. The zero-order chi connectivity index (χ0) is 15.2. The highest BCUT2D eigenvalue weighted by Gasteiger charge is 2.22. The van der Waals surface area contributed by atoms with E-state index in [1.54, 1.807) is 0 Å². The summed E-state index contributed by atoms with van der Waals surface area (Å²) in [6.07, 6.45) is 1.03. The van der Waals surface area contributed by atoms with Crippen molar-refractivity contribution in [3.05, 3.63) is 58.3 Å². The van der Waals surface area contributed by atoms with E-state index < -0.39 is 0 Å². The Hall–Kier alpha value is -1.46. The van der Waals surface area contributed by atoms with Crippen LogP contribution < -0.4 is 5.32 Å². The van der Waals surface area contributed by atoms with E-state index in [2.05, 4.69) is 22.8 Å². The Bertz CT molecular complexity index is 586. The molecule has 5 heteroatoms. The topological polar surface area (TPSA) is 32.3 Å². The minimum absolute atomic E-state index is 0.0521. The van der Waals surface area contributed by atoms with Crippen molar-refractivity contribution in [1.29, 1.82) is 0 Å². The van der Waals surface area contributed by atoms with E-state index in [1.807, 2.05) is 58.3 Å². The molecular formula is C17H20N2OS2. The molecule has 1 atom stereocenters. The van der Waals surface area contributed by atoms with Crippen LogP contribution in [0.15, 0.2) is 47.8 Å². The zero-order valence-electron chi connectivity index (χ0n) is 12.4. The summed E-state index contributed by atoms with van der Waals surface area (Å²) in [6.45, 7) is 2.25. The number of amides is 2. The fourth-order valence-electron chi connectivity index (χ4n) is 2.56. The first kappa shape index (κ1) is 15.4. The molecule has 0 bridgehead atoms. The summed E-state index contributed by atoms with van der Waals surface area (Å²) >= 11 is 3.78. The van der Waals surface area contributed by atoms with Crippen molar-refractivity contribution >= 4 is 29.1 Å². The van der Waals surface area contributed by atoms with Crippen LogP contribution in [-0.4, -0.2) is 29.8 Å². The molecule has 1 aromatic heterocycles. The Morgan fingerprint density at radius 2 is 2.05 bits per heavy atom. The Morgan fingerprint density at radius 1 is 1.18 bits per heavy atom. The molecule has 3 rings (SSSR count). The van der Waals surface area contributed by atoms with Crippen molar-refractivity contribution in [2.45, 2.75) is 18.2 Å². The first-order valence-electron chi connectivity index (χ1n) is 7.54. The molecule has 22 heavy (non-hydrogen) atoms. The Kier molecular flexibility index (Phi) is 5.40. The van der Waals surface area contributed by atoms with Gasteiger partial charge in [0, 0.05) is 35.5 Å². The van der Waals surface area contributed by atoms with Crippen LogP contribution >= 0.6 is 23.1 Å². The maximum Gasteiger partial charge on any atom is 0.317 e. The highest BCUT2D eigenvalue weighted by molar-refractivity contribution is 7.99. The number of benzene rings is 1. The van der Waals surface area contributed by atoms with Crippen LogP contribution in [0.3, 0.4) is 0 Å². The summed E-state index contributed by atoms with van der Waals surface area (Å²) in [5.41, 5.74) is 1.14. The van der Waals surface area contributed by atoms with Gasteiger partial charge in [-0.15, -0.1) is 11.3 Å². The monoisotopic (exact) mass is 332 g/mol. The predicted octanol–water partition coefficient (Wildman–Crippen LogP) is 4.14. The molecule has 2 heterocycles. The molecule has 1 aromatic carbocycles. The fraction of sp³-hybridized carbons (Fsp3) is 0.353. The van der Waals surface area contributed by atoms with Gasteiger partial charge >= 0.3 is 6.03 Å². The summed E-state index contributed by atoms with van der Waals surface area (Å²) in [7, 11) is 0. The van der Waals surface area contributed by atoms with E-state index in [0.717, 1.165) is 30.8 Å². The lowest BCUT2D eigenvalue weighted by atomic mass is 10.2. The number of carbonyl (C=O) groups excluding carboxylic acids is 1. The Balaban J connectivity index is 1.51. The normalized spacial score (nSPS) is 18.7. The van der Waals surface area contributed by atoms with E-state index in [-0.39, 0.29) is 6.03 Å². The maximum absolute atomic E-state index is 12.3. The van der Waals surface area contributed by atoms with Gasteiger partial charge in [0.1, 0.15) is 0 Å². The number of nitrogens with zero attached hydrogens (tertiary/aromatic N) is 1. The molecule has 1 fully saturated rings. The van der Waals surface area contributed by atoms with E-state index in [9.17, 15) is 4.79 Å². The van der Waals surface area contributed by atoms with Crippen LogP contribution in [0.1, 0.15) is 22.1 Å². The van der Waals surface area contributed by atoms with Crippen LogP contribution in [0.4, 0.5) is 4.79 Å². The largest absolute Gasteiger partial charge is 0.334 e. The van der Waals surface area contributed by atoms with Crippen LogP contribution in [0, 0.1) is 0 Å². The lowest BCUT2D eigenvalue weighted by Gasteiger charge is -2.20. The van der Waals surface area contributed by atoms with Crippen molar-refractivity contribution < 1.29 is 4.79 Å². The highest BCUT2D eigenvalue weighted by atomic mass is 32.2. The lowest BCUT2D eigenvalue weighted by molar-refractivity contribution is 0.200. The second-order valence-corrected chi connectivity index (χ2v) is 7.58. The number of urea groups is 1. The summed E-state index contributed by atoms with van der Waals surface area (Å²) in [5, 5.41) is 5.69. The van der Waals surface area contributed by atoms with Gasteiger partial charge in [0.2, 0.25) is 0 Å². The molecule has 0 unspecified atom stereocenters. The highest BCUT2D eigenvalue weighted by Crippen LogP contribution is 2.36. The third-order valence-corrected chi connectivity index (χ3v) is 6.22. The first-order chi connectivity index (χ1) is 10.8. The smallest absolute Gasteiger partial charge is 0.317 e. The van der Waals surface area contributed by atoms with Gasteiger partial charge in [0.15, 0.2) is 0 Å². The number of hydrogen-bond donors (Lipinski definition) is 1. The van der Waals surface area contributed by atoms with E-state index in [4.69, 9.17) is 0 Å². The number of thiophene rings is 1. The van der Waals surface area contributed by atoms with Crippen molar-refractivity contribution in [1.82, 2.24) is 10.2 Å². The first-order valence-corrected chi connectivity index (χ1v) is 9.47. The molecule has 3 nitrogen and oxygen atoms in total. The summed E-state index contributed by atoms with van der Waals surface area (Å²) in [5.74, 6) is 1.00. The Morgan fingerprint density at radius 3 is 2.82 bits per heavy atom. The molecule has 1 aliphatic heterocycles. The van der Waals surface area contributed by atoms with Gasteiger partial charge in [-0.1, -0.05) is 36.4 Å². The minimum atomic E-state index is 0.0521. The van der Waals surface area contributed by atoms with Gasteiger partial charge in [-0.25, -0.2) is 4.79 Å². The third-order valence-electron chi connectivity index (χ3n) is 3.78. The Labute approximate surface area is 139 Å². The van der Waals surface area contributed by atoms with Crippen LogP contribution in [0.5, 0.6) is 0 Å². The predicted molar refractivity (Wildman–Crippen MR) is 94.4 cm³/mol. The van der Waals surface area contributed by atoms with Crippen LogP contribution in [0.2, 0.25) is 0 Å². The summed E-state index contributed by atoms with van der Waals surface area (Å²) < 4.78 is 0. The van der Waals surface area contributed by atoms with Gasteiger partial charge in [-0.2, -0.15) is 11.8 Å². The number of nitrogens with one attached hydrogen (secondary N) is 1. The quantitative estimate of drug-likeness (QED) is 0.916. The van der Waals surface area contributed by atoms with Crippen molar-refractivity contribution in [2.75, 3.05) is 18.8 Å². The molecule has 0 radical (unpaired) electrons. The van der Waals surface area contributed by atoms with Crippen molar-refractivity contribution in [3.63, 3.8) is 0 Å². The molecule has 2 aromatic rings. The molecule has 1 aliphatic rings. The van der Waals surface area contributed by atoms with Crippen molar-refractivity contribution in [2.24, 2.45) is 0 Å². The number of carbonyl (C=O) groups is 1. The molecular weight excluding hydrogens is 312 g/mol. The SMILES string of the molecule is O=C(NCc1ccccc1)N1CCS[C@H](c2cccs2)CC1. The zero-order valence-corrected chi connectivity index (χ0v) is 14.0. The molecule has 0 spiro atoms. The molecule has 0 aliphatic carbocycles. The van der Waals surface area contributed by atoms with Gasteiger partial charge < -0.3 is 10.2 Å². The van der Waals surface area contributed by atoms with E-state index in [1.165, 1.54) is 4.88 Å². The summed E-state index contributed by atoms with van der Waals surface area (Å²) in [6, 6.07) is 14.4. The average Bonchev–Trinajstić information content (AvgIpc) is 2.98. The number of hydrogen-bond acceptors (Lipinski definition) is 3. The molecule has 116 valence electrons. The molecule has 0 saturated carbocycles. The number of thioether (sulfide) groups is 1.